The smallest absolute Gasteiger partial charge is 0.0407 e. The predicted molar refractivity (Wildman–Crippen MR) is 51.7 cm³/mol. The van der Waals surface area contributed by atoms with Crippen LogP contribution in [0.25, 0.3) is 0 Å². The van der Waals surface area contributed by atoms with Gasteiger partial charge in [-0.05, 0) is 24.8 Å². The summed E-state index contributed by atoms with van der Waals surface area (Å²) >= 11 is 0. The number of nitrogens with zero attached hydrogens (tertiary/aromatic N) is 1. The zero-order valence-electron chi connectivity index (χ0n) is 7.59. The van der Waals surface area contributed by atoms with Crippen LogP contribution in [0.4, 0.5) is 0 Å². The van der Waals surface area contributed by atoms with E-state index in [9.17, 15) is 0 Å². The highest BCUT2D eigenvalue weighted by Gasteiger charge is 2.22. The topological polar surface area (TPSA) is 24.4 Å². The summed E-state index contributed by atoms with van der Waals surface area (Å²) in [5, 5.41) is 3.65. The molecule has 2 rings (SSSR count). The minimum absolute atomic E-state index is 0.598. The van der Waals surface area contributed by atoms with E-state index in [0.717, 1.165) is 6.54 Å². The van der Waals surface area contributed by atoms with Crippen LogP contribution in [-0.2, 0) is 0 Å². The van der Waals surface area contributed by atoms with Gasteiger partial charge in [-0.15, -0.1) is 0 Å². The van der Waals surface area contributed by atoms with Gasteiger partial charge in [-0.25, -0.2) is 0 Å². The summed E-state index contributed by atoms with van der Waals surface area (Å²) in [6.07, 6.45) is 7.97. The Balaban J connectivity index is 2.10. The van der Waals surface area contributed by atoms with Crippen LogP contribution in [0.15, 0.2) is 16.6 Å². The molecule has 2 aliphatic heterocycles. The Morgan fingerprint density at radius 3 is 3.42 bits per heavy atom. The van der Waals surface area contributed by atoms with E-state index in [4.69, 9.17) is 0 Å². The first-order chi connectivity index (χ1) is 5.90. The summed E-state index contributed by atoms with van der Waals surface area (Å²) in [5.74, 6) is 0. The van der Waals surface area contributed by atoms with Crippen molar-refractivity contribution in [3.05, 3.63) is 11.6 Å². The molecule has 0 fully saturated rings. The van der Waals surface area contributed by atoms with E-state index in [1.165, 1.54) is 24.8 Å². The minimum atomic E-state index is 0.598. The molecule has 0 amide bonds. The molecule has 1 unspecified atom stereocenters. The van der Waals surface area contributed by atoms with Crippen LogP contribution in [0, 0.1) is 0 Å². The van der Waals surface area contributed by atoms with Crippen molar-refractivity contribution in [2.75, 3.05) is 6.54 Å². The van der Waals surface area contributed by atoms with Crippen LogP contribution in [0.2, 0.25) is 0 Å². The van der Waals surface area contributed by atoms with Gasteiger partial charge in [0.1, 0.15) is 0 Å². The van der Waals surface area contributed by atoms with Crippen molar-refractivity contribution in [3.63, 3.8) is 0 Å². The highest BCUT2D eigenvalue weighted by atomic mass is 15.0. The molecule has 66 valence electrons. The molecule has 0 spiro atoms. The number of hydrogen-bond acceptors (Lipinski definition) is 2. The van der Waals surface area contributed by atoms with Gasteiger partial charge >= 0.3 is 0 Å². The van der Waals surface area contributed by atoms with E-state index in [-0.39, 0.29) is 0 Å². The fraction of sp³-hybridized carbons (Fsp3) is 0.700. The van der Waals surface area contributed by atoms with Gasteiger partial charge in [0.05, 0.1) is 0 Å². The summed E-state index contributed by atoms with van der Waals surface area (Å²) < 4.78 is 0. The van der Waals surface area contributed by atoms with Gasteiger partial charge in [-0.3, -0.25) is 4.99 Å². The molecule has 0 radical (unpaired) electrons. The number of hydrogen-bond donors (Lipinski definition) is 1. The molecule has 1 N–H and O–H groups in total. The second-order valence-corrected chi connectivity index (χ2v) is 3.59. The number of nitrogens with one attached hydrogen (secondary N) is 1. The maximum Gasteiger partial charge on any atom is 0.0407 e. The van der Waals surface area contributed by atoms with Gasteiger partial charge in [-0.1, -0.05) is 13.0 Å². The second-order valence-electron chi connectivity index (χ2n) is 3.59. The Kier molecular flexibility index (Phi) is 2.26. The maximum atomic E-state index is 4.28. The van der Waals surface area contributed by atoms with Crippen molar-refractivity contribution in [1.29, 1.82) is 0 Å². The molecule has 0 aromatic heterocycles. The first-order valence-electron chi connectivity index (χ1n) is 4.86. The Bertz CT molecular complexity index is 218. The van der Waals surface area contributed by atoms with Crippen molar-refractivity contribution in [3.8, 4) is 0 Å². The molecule has 0 saturated heterocycles. The zero-order chi connectivity index (χ0) is 8.39. The molecule has 0 aromatic rings. The normalized spacial score (nSPS) is 34.2. The fourth-order valence-electron chi connectivity index (χ4n) is 1.92. The van der Waals surface area contributed by atoms with Crippen LogP contribution in [0.1, 0.15) is 26.2 Å². The van der Waals surface area contributed by atoms with Crippen LogP contribution in [0.3, 0.4) is 0 Å². The quantitative estimate of drug-likeness (QED) is 0.624. The lowest BCUT2D eigenvalue weighted by molar-refractivity contribution is 0.418. The van der Waals surface area contributed by atoms with Gasteiger partial charge in [0, 0.05) is 24.8 Å². The largest absolute Gasteiger partial charge is 0.307 e. The fourth-order valence-corrected chi connectivity index (χ4v) is 1.92. The molecule has 12 heavy (non-hydrogen) atoms. The molecule has 2 aliphatic rings. The van der Waals surface area contributed by atoms with E-state index >= 15 is 0 Å². The third kappa shape index (κ3) is 1.44. The first-order valence-corrected chi connectivity index (χ1v) is 4.86. The average Bonchev–Trinajstić information content (AvgIpc) is 2.17. The van der Waals surface area contributed by atoms with Crippen LogP contribution >= 0.6 is 0 Å². The highest BCUT2D eigenvalue weighted by Crippen LogP contribution is 2.18. The van der Waals surface area contributed by atoms with Crippen molar-refractivity contribution in [1.82, 2.24) is 5.32 Å². The summed E-state index contributed by atoms with van der Waals surface area (Å²) in [4.78, 5) is 4.28. The molecule has 0 bridgehead atoms. The number of fused-ring (bicyclic) bond motifs is 1. The van der Waals surface area contributed by atoms with Crippen molar-refractivity contribution in [2.24, 2.45) is 4.99 Å². The zero-order valence-corrected chi connectivity index (χ0v) is 7.59. The van der Waals surface area contributed by atoms with Gasteiger partial charge in [0.2, 0.25) is 0 Å². The summed E-state index contributed by atoms with van der Waals surface area (Å²) in [6.45, 7) is 3.23. The third-order valence-electron chi connectivity index (χ3n) is 2.76. The monoisotopic (exact) mass is 164 g/mol. The van der Waals surface area contributed by atoms with Crippen LogP contribution < -0.4 is 5.32 Å². The highest BCUT2D eigenvalue weighted by molar-refractivity contribution is 5.81. The molecule has 0 aliphatic carbocycles. The Hall–Kier alpha value is -0.630. The summed E-state index contributed by atoms with van der Waals surface area (Å²) in [6, 6.07) is 1.30. The summed E-state index contributed by atoms with van der Waals surface area (Å²) in [7, 11) is 0. The van der Waals surface area contributed by atoms with Crippen molar-refractivity contribution in [2.45, 2.75) is 38.3 Å². The molecule has 0 saturated carbocycles. The Morgan fingerprint density at radius 1 is 1.67 bits per heavy atom. The number of aliphatic imine (C=N–C) groups is 1. The van der Waals surface area contributed by atoms with E-state index in [1.807, 2.05) is 6.21 Å². The lowest BCUT2D eigenvalue weighted by Gasteiger charge is -2.31. The molecule has 2 heterocycles. The van der Waals surface area contributed by atoms with Crippen LogP contribution in [-0.4, -0.2) is 24.8 Å². The van der Waals surface area contributed by atoms with E-state index in [1.54, 1.807) is 0 Å². The molecular weight excluding hydrogens is 148 g/mol. The first kappa shape index (κ1) is 7.99. The van der Waals surface area contributed by atoms with E-state index in [0.29, 0.717) is 12.1 Å². The Labute approximate surface area is 73.8 Å². The molecular formula is C10H16N2. The van der Waals surface area contributed by atoms with E-state index in [2.05, 4.69) is 23.3 Å². The van der Waals surface area contributed by atoms with Gasteiger partial charge in [0.15, 0.2) is 0 Å². The number of rotatable bonds is 1. The molecule has 2 heteroatoms. The standard InChI is InChI=1S/C10H16N2/c1-2-9-4-3-8-7-11-6-5-10(8)12-9/h3,7,9-10,12H,2,4-6H2,1H3/t9-,10?/m1/s1. The van der Waals surface area contributed by atoms with Crippen molar-refractivity contribution >= 4 is 6.21 Å². The minimum Gasteiger partial charge on any atom is -0.307 e. The predicted octanol–water partition coefficient (Wildman–Crippen LogP) is 1.53. The van der Waals surface area contributed by atoms with Crippen LogP contribution in [0.5, 0.6) is 0 Å². The second kappa shape index (κ2) is 3.40. The van der Waals surface area contributed by atoms with Gasteiger partial charge in [0.25, 0.3) is 0 Å². The molecule has 0 aromatic carbocycles. The average molecular weight is 164 g/mol. The van der Waals surface area contributed by atoms with Gasteiger partial charge < -0.3 is 5.32 Å². The molecule has 2 atom stereocenters. The maximum absolute atomic E-state index is 4.28. The van der Waals surface area contributed by atoms with E-state index < -0.39 is 0 Å². The Morgan fingerprint density at radius 2 is 2.58 bits per heavy atom. The lowest BCUT2D eigenvalue weighted by Crippen LogP contribution is -2.44. The summed E-state index contributed by atoms with van der Waals surface area (Å²) in [5.41, 5.74) is 1.41. The SMILES string of the molecule is CC[C@@H]1CC=C2C=NCCC2N1. The van der Waals surface area contributed by atoms with Crippen molar-refractivity contribution < 1.29 is 0 Å². The molecule has 2 nitrogen and oxygen atoms in total. The lowest BCUT2D eigenvalue weighted by atomic mass is 9.93. The van der Waals surface area contributed by atoms with Gasteiger partial charge in [-0.2, -0.15) is 0 Å². The third-order valence-corrected chi connectivity index (χ3v) is 2.76.